The van der Waals surface area contributed by atoms with Crippen LogP contribution in [0.4, 0.5) is 5.69 Å². The highest BCUT2D eigenvalue weighted by Gasteiger charge is 2.50. The fraction of sp³-hybridized carbons (Fsp3) is 0.556. The molecule has 120 valence electrons. The normalized spacial score (nSPS) is 20.7. The Hall–Kier alpha value is -1.68. The third kappa shape index (κ3) is 2.80. The van der Waals surface area contributed by atoms with Crippen molar-refractivity contribution in [2.75, 3.05) is 11.4 Å². The lowest BCUT2D eigenvalue weighted by atomic mass is 9.88. The number of hydrogen-bond acceptors (Lipinski definition) is 3. The first-order valence-corrected chi connectivity index (χ1v) is 7.82. The van der Waals surface area contributed by atoms with Crippen molar-refractivity contribution in [3.8, 4) is 0 Å². The van der Waals surface area contributed by atoms with Crippen LogP contribution in [-0.4, -0.2) is 23.3 Å². The van der Waals surface area contributed by atoms with Crippen LogP contribution < -0.4 is 4.90 Å². The monoisotopic (exact) mass is 303 g/mol. The number of carbonyl (C=O) groups is 2. The molecule has 1 amide bonds. The summed E-state index contributed by atoms with van der Waals surface area (Å²) in [5.41, 5.74) is 1.59. The van der Waals surface area contributed by atoms with Crippen LogP contribution in [0.1, 0.15) is 50.3 Å². The van der Waals surface area contributed by atoms with E-state index in [0.717, 1.165) is 23.2 Å². The molecule has 0 saturated heterocycles. The molecule has 2 rings (SSSR count). The number of anilines is 1. The van der Waals surface area contributed by atoms with Crippen molar-refractivity contribution >= 4 is 17.4 Å². The maximum Gasteiger partial charge on any atom is 0.264 e. The van der Waals surface area contributed by atoms with Crippen LogP contribution in [0.3, 0.4) is 0 Å². The number of benzene rings is 1. The Labute approximate surface area is 132 Å². The number of aryl methyl sites for hydroxylation is 2. The van der Waals surface area contributed by atoms with Gasteiger partial charge in [-0.05, 0) is 38.7 Å². The van der Waals surface area contributed by atoms with Crippen molar-refractivity contribution in [3.63, 3.8) is 0 Å². The van der Waals surface area contributed by atoms with Crippen molar-refractivity contribution in [1.82, 2.24) is 0 Å². The molecule has 0 radical (unpaired) electrons. The van der Waals surface area contributed by atoms with Gasteiger partial charge >= 0.3 is 0 Å². The molecule has 1 atom stereocenters. The van der Waals surface area contributed by atoms with Gasteiger partial charge in [0.2, 0.25) is 0 Å². The second-order valence-electron chi connectivity index (χ2n) is 6.86. The molecule has 1 unspecified atom stereocenters. The summed E-state index contributed by atoms with van der Waals surface area (Å²) in [4.78, 5) is 26.1. The molecule has 0 fully saturated rings. The van der Waals surface area contributed by atoms with Crippen LogP contribution in [0.5, 0.6) is 0 Å². The summed E-state index contributed by atoms with van der Waals surface area (Å²) < 4.78 is 0. The molecule has 0 aromatic heterocycles. The largest absolute Gasteiger partial charge is 0.375 e. The summed E-state index contributed by atoms with van der Waals surface area (Å²) in [6.07, 6.45) is 0.689. The highest BCUT2D eigenvalue weighted by atomic mass is 16.3. The summed E-state index contributed by atoms with van der Waals surface area (Å²) in [5, 5.41) is 11.0. The first kappa shape index (κ1) is 16.7. The van der Waals surface area contributed by atoms with Gasteiger partial charge in [0, 0.05) is 18.5 Å². The van der Waals surface area contributed by atoms with E-state index >= 15 is 0 Å². The summed E-state index contributed by atoms with van der Waals surface area (Å²) in [6, 6.07) is 3.84. The molecule has 1 aromatic carbocycles. The first-order valence-electron chi connectivity index (χ1n) is 7.82. The second-order valence-corrected chi connectivity index (χ2v) is 6.86. The van der Waals surface area contributed by atoms with Crippen LogP contribution >= 0.6 is 0 Å². The zero-order valence-electron chi connectivity index (χ0n) is 14.1. The van der Waals surface area contributed by atoms with Crippen molar-refractivity contribution in [2.24, 2.45) is 5.92 Å². The molecule has 0 aliphatic carbocycles. The number of aliphatic hydroxyl groups is 1. The first-order chi connectivity index (χ1) is 10.2. The van der Waals surface area contributed by atoms with Gasteiger partial charge in [-0.2, -0.15) is 0 Å². The van der Waals surface area contributed by atoms with E-state index < -0.39 is 5.60 Å². The average Bonchev–Trinajstić information content (AvgIpc) is 2.57. The minimum Gasteiger partial charge on any atom is -0.375 e. The van der Waals surface area contributed by atoms with Gasteiger partial charge in [0.1, 0.15) is 5.78 Å². The Balaban J connectivity index is 2.54. The van der Waals surface area contributed by atoms with Crippen LogP contribution in [-0.2, 0) is 15.2 Å². The fourth-order valence-electron chi connectivity index (χ4n) is 3.21. The summed E-state index contributed by atoms with van der Waals surface area (Å²) in [6.45, 7) is 10.1. The highest BCUT2D eigenvalue weighted by Crippen LogP contribution is 2.45. The van der Waals surface area contributed by atoms with Gasteiger partial charge in [0.25, 0.3) is 5.91 Å². The van der Waals surface area contributed by atoms with Crippen LogP contribution in [0.15, 0.2) is 12.1 Å². The van der Waals surface area contributed by atoms with E-state index in [-0.39, 0.29) is 18.1 Å². The zero-order valence-corrected chi connectivity index (χ0v) is 14.1. The predicted molar refractivity (Wildman–Crippen MR) is 86.9 cm³/mol. The Bertz CT molecular complexity index is 621. The molecule has 1 aliphatic heterocycles. The fourth-order valence-corrected chi connectivity index (χ4v) is 3.21. The van der Waals surface area contributed by atoms with Gasteiger partial charge in [0.05, 0.1) is 5.69 Å². The molecular formula is C18H25NO3. The Morgan fingerprint density at radius 2 is 1.95 bits per heavy atom. The molecule has 22 heavy (non-hydrogen) atoms. The van der Waals surface area contributed by atoms with Gasteiger partial charge in [-0.3, -0.25) is 9.59 Å². The van der Waals surface area contributed by atoms with E-state index in [0.29, 0.717) is 18.0 Å². The van der Waals surface area contributed by atoms with Crippen molar-refractivity contribution in [2.45, 2.75) is 53.1 Å². The Kier molecular flexibility index (Phi) is 4.43. The number of amides is 1. The maximum absolute atomic E-state index is 12.8. The lowest BCUT2D eigenvalue weighted by Crippen LogP contribution is -2.42. The quantitative estimate of drug-likeness (QED) is 0.910. The molecule has 4 heteroatoms. The standard InChI is InChI=1S/C18H25NO3/c1-11(2)6-7-19-16-13(4)8-12(3)9-15(16)18(22,17(19)21)10-14(5)20/h8-9,11,22H,6-7,10H2,1-5H3. The van der Waals surface area contributed by atoms with E-state index in [9.17, 15) is 14.7 Å². The predicted octanol–water partition coefficient (Wildman–Crippen LogP) is 2.86. The van der Waals surface area contributed by atoms with Gasteiger partial charge in [-0.1, -0.05) is 31.5 Å². The number of ketones is 1. The summed E-state index contributed by atoms with van der Waals surface area (Å²) >= 11 is 0. The topological polar surface area (TPSA) is 57.6 Å². The maximum atomic E-state index is 12.8. The number of hydrogen-bond donors (Lipinski definition) is 1. The molecule has 1 N–H and O–H groups in total. The van der Waals surface area contributed by atoms with Crippen molar-refractivity contribution in [3.05, 3.63) is 28.8 Å². The lowest BCUT2D eigenvalue weighted by Gasteiger charge is -2.23. The lowest BCUT2D eigenvalue weighted by molar-refractivity contribution is -0.141. The highest BCUT2D eigenvalue weighted by molar-refractivity contribution is 6.09. The van der Waals surface area contributed by atoms with E-state index in [1.807, 2.05) is 26.0 Å². The SMILES string of the molecule is CC(=O)CC1(O)C(=O)N(CCC(C)C)c2c(C)cc(C)cc21. The average molecular weight is 303 g/mol. The van der Waals surface area contributed by atoms with Crippen LogP contribution in [0.25, 0.3) is 0 Å². The summed E-state index contributed by atoms with van der Waals surface area (Å²) in [7, 11) is 0. The Morgan fingerprint density at radius 1 is 1.32 bits per heavy atom. The van der Waals surface area contributed by atoms with Crippen LogP contribution in [0.2, 0.25) is 0 Å². The summed E-state index contributed by atoms with van der Waals surface area (Å²) in [5.74, 6) is -0.0952. The smallest absolute Gasteiger partial charge is 0.264 e. The molecule has 1 heterocycles. The van der Waals surface area contributed by atoms with Gasteiger partial charge in [-0.25, -0.2) is 0 Å². The van der Waals surface area contributed by atoms with E-state index in [1.165, 1.54) is 6.92 Å². The Morgan fingerprint density at radius 3 is 2.50 bits per heavy atom. The van der Waals surface area contributed by atoms with Crippen LogP contribution in [0, 0.1) is 19.8 Å². The van der Waals surface area contributed by atoms with Gasteiger partial charge in [-0.15, -0.1) is 0 Å². The molecule has 1 aliphatic rings. The van der Waals surface area contributed by atoms with Gasteiger partial charge < -0.3 is 10.0 Å². The molecule has 0 bridgehead atoms. The van der Waals surface area contributed by atoms with E-state index in [2.05, 4.69) is 13.8 Å². The third-order valence-corrected chi connectivity index (χ3v) is 4.19. The minimum absolute atomic E-state index is 0.167. The van der Waals surface area contributed by atoms with E-state index in [1.54, 1.807) is 4.90 Å². The molecule has 4 nitrogen and oxygen atoms in total. The molecule has 0 spiro atoms. The minimum atomic E-state index is -1.71. The second kappa shape index (κ2) is 5.84. The number of carbonyl (C=O) groups excluding carboxylic acids is 2. The zero-order chi connectivity index (χ0) is 16.7. The number of rotatable bonds is 5. The molecule has 1 aromatic rings. The van der Waals surface area contributed by atoms with Crippen molar-refractivity contribution in [1.29, 1.82) is 0 Å². The number of fused-ring (bicyclic) bond motifs is 1. The van der Waals surface area contributed by atoms with E-state index in [4.69, 9.17) is 0 Å². The number of nitrogens with zero attached hydrogens (tertiary/aromatic N) is 1. The van der Waals surface area contributed by atoms with Gasteiger partial charge in [0.15, 0.2) is 5.60 Å². The van der Waals surface area contributed by atoms with Crippen molar-refractivity contribution < 1.29 is 14.7 Å². The number of Topliss-reactive ketones (excluding diaryl/α,β-unsaturated/α-hetero) is 1. The third-order valence-electron chi connectivity index (χ3n) is 4.19. The molecular weight excluding hydrogens is 278 g/mol. The molecule has 0 saturated carbocycles.